The molecule has 0 heterocycles. The van der Waals surface area contributed by atoms with Gasteiger partial charge in [-0.15, -0.1) is 0 Å². The topological polar surface area (TPSA) is 105 Å². The molecule has 4 rings (SSSR count). The maximum absolute atomic E-state index is 14.0. The number of halogens is 1. The van der Waals surface area contributed by atoms with Crippen molar-refractivity contribution in [3.63, 3.8) is 0 Å². The number of nitrogens with zero attached hydrogens (tertiary/aromatic N) is 1. The maximum atomic E-state index is 14.0. The van der Waals surface area contributed by atoms with Crippen LogP contribution in [0.1, 0.15) is 35.6 Å². The average molecular weight is 648 g/mol. The average Bonchev–Trinajstić information content (AvgIpc) is 3.05. The molecule has 0 saturated carbocycles. The second-order valence-electron chi connectivity index (χ2n) is 10.5. The first-order chi connectivity index (χ1) is 21.7. The first-order valence-corrected chi connectivity index (χ1v) is 16.6. The van der Waals surface area contributed by atoms with E-state index in [-0.39, 0.29) is 36.2 Å². The molecule has 2 N–H and O–H groups in total. The zero-order valence-corrected chi connectivity index (χ0v) is 27.0. The van der Waals surface area contributed by atoms with E-state index in [1.54, 1.807) is 37.1 Å². The van der Waals surface area contributed by atoms with Crippen LogP contribution >= 0.6 is 11.6 Å². The summed E-state index contributed by atoms with van der Waals surface area (Å²) < 4.78 is 32.5. The van der Waals surface area contributed by atoms with Gasteiger partial charge in [0.2, 0.25) is 21.8 Å². The first-order valence-electron chi connectivity index (χ1n) is 14.8. The smallest absolute Gasteiger partial charge is 0.243 e. The molecule has 1 unspecified atom stereocenters. The number of methoxy groups -OCH3 is 1. The van der Waals surface area contributed by atoms with E-state index in [9.17, 15) is 18.0 Å². The molecule has 0 spiro atoms. The number of hydrogen-bond acceptors (Lipinski definition) is 5. The van der Waals surface area contributed by atoms with Gasteiger partial charge in [0.15, 0.2) is 0 Å². The van der Waals surface area contributed by atoms with Gasteiger partial charge in [0.1, 0.15) is 11.8 Å². The number of rotatable bonds is 15. The summed E-state index contributed by atoms with van der Waals surface area (Å²) in [5.41, 5.74) is 3.35. The van der Waals surface area contributed by atoms with Gasteiger partial charge in [-0.3, -0.25) is 9.59 Å². The van der Waals surface area contributed by atoms with Crippen molar-refractivity contribution in [3.05, 3.63) is 130 Å². The molecule has 4 aromatic carbocycles. The van der Waals surface area contributed by atoms with Crippen LogP contribution in [-0.2, 0) is 45.5 Å². The highest BCUT2D eigenvalue weighted by Crippen LogP contribution is 2.20. The van der Waals surface area contributed by atoms with Crippen LogP contribution in [0.5, 0.6) is 5.75 Å². The van der Waals surface area contributed by atoms with Crippen LogP contribution < -0.4 is 14.8 Å². The van der Waals surface area contributed by atoms with Crippen molar-refractivity contribution in [2.24, 2.45) is 0 Å². The summed E-state index contributed by atoms with van der Waals surface area (Å²) in [6, 6.07) is 30.0. The number of hydrogen-bond donors (Lipinski definition) is 2. The second-order valence-corrected chi connectivity index (χ2v) is 12.7. The standard InChI is InChI=1S/C35H38ClN3O5S/c1-3-38-45(42,43)31-20-15-26(16-21-31)17-22-34(40)39(25-28-13-18-30(44-2)19-14-28)33(23-27-9-5-4-6-10-27)35(41)37-24-29-11-7-8-12-32(29)36/h4-16,18-21,33,38H,3,17,22-25H2,1-2H3,(H,37,41). The fraction of sp³-hybridized carbons (Fsp3) is 0.257. The van der Waals surface area contributed by atoms with Crippen molar-refractivity contribution < 1.29 is 22.7 Å². The highest BCUT2D eigenvalue weighted by molar-refractivity contribution is 7.89. The van der Waals surface area contributed by atoms with Crippen LogP contribution in [0.4, 0.5) is 0 Å². The Hall–Kier alpha value is -4.18. The molecule has 0 aliphatic rings. The summed E-state index contributed by atoms with van der Waals surface area (Å²) in [7, 11) is -1.99. The number of ether oxygens (including phenoxy) is 1. The van der Waals surface area contributed by atoms with E-state index in [4.69, 9.17) is 16.3 Å². The van der Waals surface area contributed by atoms with E-state index in [0.29, 0.717) is 30.2 Å². The predicted octanol–water partition coefficient (Wildman–Crippen LogP) is 5.54. The summed E-state index contributed by atoms with van der Waals surface area (Å²) in [6.45, 7) is 2.44. The molecule has 0 aliphatic carbocycles. The SMILES string of the molecule is CCNS(=O)(=O)c1ccc(CCC(=O)N(Cc2ccc(OC)cc2)C(Cc2ccccc2)C(=O)NCc2ccccc2Cl)cc1. The molecule has 0 saturated heterocycles. The van der Waals surface area contributed by atoms with Gasteiger partial charge in [-0.1, -0.05) is 91.3 Å². The molecule has 1 atom stereocenters. The number of sulfonamides is 1. The number of carbonyl (C=O) groups excluding carboxylic acids is 2. The minimum absolute atomic E-state index is 0.124. The lowest BCUT2D eigenvalue weighted by atomic mass is 10.0. The van der Waals surface area contributed by atoms with Crippen LogP contribution in [0.3, 0.4) is 0 Å². The molecule has 0 aliphatic heterocycles. The Morgan fingerprint density at radius 2 is 1.49 bits per heavy atom. The molecule has 0 radical (unpaired) electrons. The number of aryl methyl sites for hydroxylation is 1. The molecule has 0 fully saturated rings. The Morgan fingerprint density at radius 3 is 2.13 bits per heavy atom. The molecular weight excluding hydrogens is 610 g/mol. The van der Waals surface area contributed by atoms with Crippen LogP contribution in [0, 0.1) is 0 Å². The Balaban J connectivity index is 1.60. The van der Waals surface area contributed by atoms with Gasteiger partial charge in [0.25, 0.3) is 0 Å². The third kappa shape index (κ3) is 9.65. The Morgan fingerprint density at radius 1 is 0.844 bits per heavy atom. The van der Waals surface area contributed by atoms with Crippen LogP contribution in [0.25, 0.3) is 0 Å². The van der Waals surface area contributed by atoms with Crippen LogP contribution in [0.2, 0.25) is 5.02 Å². The first kappa shape index (κ1) is 33.7. The molecule has 236 valence electrons. The lowest BCUT2D eigenvalue weighted by molar-refractivity contribution is -0.141. The number of benzene rings is 4. The summed E-state index contributed by atoms with van der Waals surface area (Å²) in [6.07, 6.45) is 0.811. The molecule has 10 heteroatoms. The Bertz CT molecular complexity index is 1660. The van der Waals surface area contributed by atoms with E-state index in [1.807, 2.05) is 72.8 Å². The molecule has 8 nitrogen and oxygen atoms in total. The van der Waals surface area contributed by atoms with Crippen molar-refractivity contribution >= 4 is 33.4 Å². The molecule has 4 aromatic rings. The molecule has 0 aromatic heterocycles. The molecular formula is C35H38ClN3O5S. The molecule has 45 heavy (non-hydrogen) atoms. The number of amides is 2. The highest BCUT2D eigenvalue weighted by atomic mass is 35.5. The second kappa shape index (κ2) is 16.2. The molecule has 0 bridgehead atoms. The van der Waals surface area contributed by atoms with E-state index in [1.165, 1.54) is 12.1 Å². The lowest BCUT2D eigenvalue weighted by Gasteiger charge is -2.32. The van der Waals surface area contributed by atoms with Gasteiger partial charge in [0.05, 0.1) is 12.0 Å². The van der Waals surface area contributed by atoms with E-state index < -0.39 is 16.1 Å². The van der Waals surface area contributed by atoms with Gasteiger partial charge >= 0.3 is 0 Å². The Labute approximate surface area is 270 Å². The summed E-state index contributed by atoms with van der Waals surface area (Å²) in [5.74, 6) is 0.192. The minimum Gasteiger partial charge on any atom is -0.497 e. The van der Waals surface area contributed by atoms with Gasteiger partial charge in [0, 0.05) is 37.5 Å². The third-order valence-electron chi connectivity index (χ3n) is 7.39. The van der Waals surface area contributed by atoms with E-state index in [0.717, 1.165) is 22.3 Å². The number of nitrogens with one attached hydrogen (secondary N) is 2. The van der Waals surface area contributed by atoms with Crippen molar-refractivity contribution in [1.29, 1.82) is 0 Å². The zero-order chi connectivity index (χ0) is 32.2. The van der Waals surface area contributed by atoms with Crippen molar-refractivity contribution in [3.8, 4) is 5.75 Å². The number of carbonyl (C=O) groups is 2. The van der Waals surface area contributed by atoms with E-state index >= 15 is 0 Å². The monoisotopic (exact) mass is 647 g/mol. The van der Waals surface area contributed by atoms with Crippen molar-refractivity contribution in [2.75, 3.05) is 13.7 Å². The molecule has 2 amide bonds. The maximum Gasteiger partial charge on any atom is 0.243 e. The quantitative estimate of drug-likeness (QED) is 0.176. The summed E-state index contributed by atoms with van der Waals surface area (Å²) in [5, 5.41) is 3.55. The fourth-order valence-corrected chi connectivity index (χ4v) is 6.17. The van der Waals surface area contributed by atoms with Crippen molar-refractivity contribution in [2.45, 2.75) is 50.2 Å². The lowest BCUT2D eigenvalue weighted by Crippen LogP contribution is -2.50. The Kier molecular flexibility index (Phi) is 12.2. The van der Waals surface area contributed by atoms with Gasteiger partial charge in [-0.05, 0) is 59.0 Å². The van der Waals surface area contributed by atoms with Crippen LogP contribution in [-0.4, -0.2) is 44.8 Å². The fourth-order valence-electron chi connectivity index (χ4n) is 4.93. The van der Waals surface area contributed by atoms with Crippen molar-refractivity contribution in [1.82, 2.24) is 14.9 Å². The zero-order valence-electron chi connectivity index (χ0n) is 25.4. The summed E-state index contributed by atoms with van der Waals surface area (Å²) >= 11 is 6.35. The predicted molar refractivity (Wildman–Crippen MR) is 176 cm³/mol. The largest absolute Gasteiger partial charge is 0.497 e. The minimum atomic E-state index is -3.58. The normalized spacial score (nSPS) is 11.9. The van der Waals surface area contributed by atoms with Crippen LogP contribution in [0.15, 0.2) is 108 Å². The van der Waals surface area contributed by atoms with Gasteiger partial charge in [-0.2, -0.15) is 0 Å². The van der Waals surface area contributed by atoms with Gasteiger partial charge < -0.3 is 15.0 Å². The van der Waals surface area contributed by atoms with Gasteiger partial charge in [-0.25, -0.2) is 13.1 Å². The highest BCUT2D eigenvalue weighted by Gasteiger charge is 2.30. The third-order valence-corrected chi connectivity index (χ3v) is 9.32. The van der Waals surface area contributed by atoms with E-state index in [2.05, 4.69) is 10.0 Å². The summed E-state index contributed by atoms with van der Waals surface area (Å²) in [4.78, 5) is 29.7.